The summed E-state index contributed by atoms with van der Waals surface area (Å²) in [4.78, 5) is 17.5. The van der Waals surface area contributed by atoms with Crippen molar-refractivity contribution in [3.05, 3.63) is 41.0 Å². The van der Waals surface area contributed by atoms with Crippen LogP contribution in [0.2, 0.25) is 0 Å². The van der Waals surface area contributed by atoms with E-state index in [0.29, 0.717) is 30.6 Å². The molecule has 0 spiro atoms. The third-order valence-electron chi connectivity index (χ3n) is 7.06. The quantitative estimate of drug-likeness (QED) is 0.475. The number of imidazole rings is 1. The topological polar surface area (TPSA) is 79.9 Å². The van der Waals surface area contributed by atoms with Crippen molar-refractivity contribution >= 4 is 5.91 Å². The number of ether oxygens (including phenoxy) is 1. The zero-order valence-electron chi connectivity index (χ0n) is 24.1. The van der Waals surface area contributed by atoms with E-state index >= 15 is 0 Å². The van der Waals surface area contributed by atoms with Gasteiger partial charge in [0.25, 0.3) is 5.91 Å². The minimum atomic E-state index is -4.48. The summed E-state index contributed by atoms with van der Waals surface area (Å²) in [7, 11) is -2.91. The molecule has 1 fully saturated rings. The van der Waals surface area contributed by atoms with Crippen molar-refractivity contribution in [2.45, 2.75) is 72.4 Å². The van der Waals surface area contributed by atoms with E-state index in [2.05, 4.69) is 17.2 Å². The van der Waals surface area contributed by atoms with Crippen molar-refractivity contribution in [1.82, 2.24) is 14.9 Å². The van der Waals surface area contributed by atoms with Crippen LogP contribution in [0.15, 0.2) is 18.2 Å². The Morgan fingerprint density at radius 1 is 1.31 bits per heavy atom. The maximum Gasteiger partial charge on any atom is 0.394 e. The molecule has 3 rings (SSSR count). The second-order valence-electron chi connectivity index (χ2n) is 10.3. The van der Waals surface area contributed by atoms with Crippen LogP contribution in [0.1, 0.15) is 85.1 Å². The summed E-state index contributed by atoms with van der Waals surface area (Å²) in [6.07, 6.45) is -0.399. The molecule has 0 bridgehead atoms. The van der Waals surface area contributed by atoms with Gasteiger partial charge in [0.1, 0.15) is 17.6 Å². The molecule has 196 valence electrons. The van der Waals surface area contributed by atoms with E-state index in [1.165, 1.54) is 22.8 Å². The molecule has 1 aromatic carbocycles. The number of nitrogens with one attached hydrogen (secondary N) is 1. The molecule has 1 saturated carbocycles. The predicted molar refractivity (Wildman–Crippen MR) is 131 cm³/mol. The van der Waals surface area contributed by atoms with Crippen molar-refractivity contribution in [3.63, 3.8) is 0 Å². The Bertz CT molecular complexity index is 1220. The van der Waals surface area contributed by atoms with Crippen LogP contribution >= 0.6 is 0 Å². The van der Waals surface area contributed by atoms with Gasteiger partial charge in [-0.25, -0.2) is 4.98 Å². The van der Waals surface area contributed by atoms with E-state index in [0.717, 1.165) is 39.5 Å². The SMILES string of the molecule is [2H]C([2H])([2H])Oc1cc(CC(C)(C)C(F)(F)F)ccc1-n1c(CC)nc(C(=O)NCC2CCC(C)CC2)c1C#N. The van der Waals surface area contributed by atoms with Gasteiger partial charge >= 0.3 is 6.18 Å². The molecule has 0 unspecified atom stereocenters. The molecule has 1 aliphatic carbocycles. The van der Waals surface area contributed by atoms with E-state index in [-0.39, 0.29) is 28.4 Å². The Morgan fingerprint density at radius 2 is 2.00 bits per heavy atom. The van der Waals surface area contributed by atoms with Crippen LogP contribution in [0.5, 0.6) is 5.75 Å². The average Bonchev–Trinajstić information content (AvgIpc) is 3.20. The molecule has 2 aromatic rings. The molecule has 1 aliphatic rings. The summed E-state index contributed by atoms with van der Waals surface area (Å²) in [5.74, 6) is 0.568. The second kappa shape index (κ2) is 10.9. The van der Waals surface area contributed by atoms with Crippen LogP contribution in [0.25, 0.3) is 5.69 Å². The van der Waals surface area contributed by atoms with E-state index < -0.39 is 31.0 Å². The summed E-state index contributed by atoms with van der Waals surface area (Å²) in [5, 5.41) is 12.9. The Balaban J connectivity index is 2.01. The summed E-state index contributed by atoms with van der Waals surface area (Å²) in [5.41, 5.74) is -1.98. The number of benzene rings is 1. The number of aryl methyl sites for hydroxylation is 1. The highest BCUT2D eigenvalue weighted by Crippen LogP contribution is 2.41. The van der Waals surface area contributed by atoms with E-state index in [9.17, 15) is 23.2 Å². The third-order valence-corrected chi connectivity index (χ3v) is 7.06. The number of amides is 1. The Labute approximate surface area is 215 Å². The lowest BCUT2D eigenvalue weighted by Crippen LogP contribution is -2.34. The van der Waals surface area contributed by atoms with Crippen molar-refractivity contribution in [3.8, 4) is 17.5 Å². The van der Waals surface area contributed by atoms with E-state index in [4.69, 9.17) is 8.85 Å². The van der Waals surface area contributed by atoms with Crippen LogP contribution in [0.3, 0.4) is 0 Å². The number of hydrogen-bond acceptors (Lipinski definition) is 4. The lowest BCUT2D eigenvalue weighted by atomic mass is 9.83. The van der Waals surface area contributed by atoms with Gasteiger partial charge in [0, 0.05) is 13.0 Å². The van der Waals surface area contributed by atoms with E-state index in [1.807, 2.05) is 6.07 Å². The molecule has 6 nitrogen and oxygen atoms in total. The van der Waals surface area contributed by atoms with Crippen molar-refractivity contribution in [2.75, 3.05) is 13.6 Å². The molecular formula is C27H35F3N4O2. The molecule has 0 radical (unpaired) electrons. The lowest BCUT2D eigenvalue weighted by molar-refractivity contribution is -0.211. The van der Waals surface area contributed by atoms with Crippen molar-refractivity contribution in [2.24, 2.45) is 17.3 Å². The van der Waals surface area contributed by atoms with Gasteiger partial charge in [-0.2, -0.15) is 18.4 Å². The third kappa shape index (κ3) is 5.85. The summed E-state index contributed by atoms with van der Waals surface area (Å²) >= 11 is 0. The Morgan fingerprint density at radius 3 is 2.58 bits per heavy atom. The maximum atomic E-state index is 13.5. The highest BCUT2D eigenvalue weighted by molar-refractivity contribution is 5.94. The van der Waals surface area contributed by atoms with Gasteiger partial charge in [0.05, 0.1) is 22.3 Å². The first kappa shape index (κ1) is 23.4. The molecule has 0 saturated heterocycles. The van der Waals surface area contributed by atoms with Gasteiger partial charge in [0.15, 0.2) is 11.4 Å². The predicted octanol–water partition coefficient (Wildman–Crippen LogP) is 6.00. The molecule has 0 aliphatic heterocycles. The number of rotatable bonds is 8. The minimum Gasteiger partial charge on any atom is -0.495 e. The van der Waals surface area contributed by atoms with Gasteiger partial charge in [-0.15, -0.1) is 0 Å². The number of aromatic nitrogens is 2. The fourth-order valence-electron chi connectivity index (χ4n) is 4.62. The minimum absolute atomic E-state index is 0.0966. The van der Waals surface area contributed by atoms with Crippen LogP contribution in [0, 0.1) is 28.6 Å². The largest absolute Gasteiger partial charge is 0.495 e. The van der Waals surface area contributed by atoms with Gasteiger partial charge in [-0.05, 0) is 48.8 Å². The first-order chi connectivity index (χ1) is 18.1. The fourth-order valence-corrected chi connectivity index (χ4v) is 4.62. The number of nitrogens with zero attached hydrogens (tertiary/aromatic N) is 3. The Hall–Kier alpha value is -3.02. The highest BCUT2D eigenvalue weighted by atomic mass is 19.4. The highest BCUT2D eigenvalue weighted by Gasteiger charge is 2.47. The normalized spacial score (nSPS) is 20.1. The van der Waals surface area contributed by atoms with Gasteiger partial charge in [-0.1, -0.05) is 46.6 Å². The number of hydrogen-bond donors (Lipinski definition) is 1. The lowest BCUT2D eigenvalue weighted by Gasteiger charge is -2.28. The molecule has 36 heavy (non-hydrogen) atoms. The van der Waals surface area contributed by atoms with Crippen molar-refractivity contribution < 1.29 is 26.8 Å². The van der Waals surface area contributed by atoms with Gasteiger partial charge in [0.2, 0.25) is 0 Å². The smallest absolute Gasteiger partial charge is 0.394 e. The number of carbonyl (C=O) groups excluding carboxylic acids is 1. The van der Waals surface area contributed by atoms with Gasteiger partial charge in [-0.3, -0.25) is 9.36 Å². The maximum absolute atomic E-state index is 13.5. The number of halogens is 3. The summed E-state index contributed by atoms with van der Waals surface area (Å²) in [6, 6.07) is 6.06. The first-order valence-corrected chi connectivity index (χ1v) is 12.2. The van der Waals surface area contributed by atoms with Crippen LogP contribution < -0.4 is 10.1 Å². The number of methoxy groups -OCH3 is 1. The molecule has 1 heterocycles. The molecule has 1 N–H and O–H groups in total. The molecule has 1 aromatic heterocycles. The molecular weight excluding hydrogens is 469 g/mol. The second-order valence-corrected chi connectivity index (χ2v) is 10.3. The molecule has 9 heteroatoms. The fraction of sp³-hybridized carbons (Fsp3) is 0.593. The average molecular weight is 508 g/mol. The number of alkyl halides is 3. The summed E-state index contributed by atoms with van der Waals surface area (Å²) in [6.45, 7) is 6.55. The van der Waals surface area contributed by atoms with Crippen molar-refractivity contribution in [1.29, 1.82) is 5.26 Å². The van der Waals surface area contributed by atoms with E-state index in [1.54, 1.807) is 6.92 Å². The standard InChI is InChI=1S/C27H35F3N4O2/c1-6-23-33-24(25(35)32-16-18-9-7-17(2)8-10-18)21(15-31)34(23)20-12-11-19(13-22(20)36-5)14-26(3,4)27(28,29)30/h11-13,17-18H,6-10,14,16H2,1-5H3,(H,32,35)/i5D3. The zero-order chi connectivity index (χ0) is 29.2. The molecule has 1 amide bonds. The molecule has 0 atom stereocenters. The number of carbonyl (C=O) groups is 1. The van der Waals surface area contributed by atoms with Crippen LogP contribution in [-0.2, 0) is 12.8 Å². The van der Waals surface area contributed by atoms with Crippen LogP contribution in [-0.4, -0.2) is 35.2 Å². The number of nitriles is 1. The Kier molecular flexibility index (Phi) is 7.10. The first-order valence-electron chi connectivity index (χ1n) is 13.7. The van der Waals surface area contributed by atoms with Crippen LogP contribution in [0.4, 0.5) is 13.2 Å². The summed E-state index contributed by atoms with van der Waals surface area (Å²) < 4.78 is 69.8. The monoisotopic (exact) mass is 507 g/mol. The zero-order valence-corrected chi connectivity index (χ0v) is 21.1. The van der Waals surface area contributed by atoms with Gasteiger partial charge < -0.3 is 10.1 Å².